The second kappa shape index (κ2) is 8.95. The molecule has 0 bridgehead atoms. The number of methoxy groups -OCH3 is 1. The second-order valence-corrected chi connectivity index (χ2v) is 9.87. The summed E-state index contributed by atoms with van der Waals surface area (Å²) in [5, 5.41) is 14.6. The Balaban J connectivity index is 1.72. The van der Waals surface area contributed by atoms with Crippen molar-refractivity contribution in [1.29, 1.82) is 5.26 Å². The minimum absolute atomic E-state index is 0.104. The summed E-state index contributed by atoms with van der Waals surface area (Å²) < 4.78 is 39.6. The van der Waals surface area contributed by atoms with Crippen molar-refractivity contribution < 1.29 is 27.8 Å². The van der Waals surface area contributed by atoms with Crippen molar-refractivity contribution in [2.24, 2.45) is 0 Å². The second-order valence-electron chi connectivity index (χ2n) is 9.87. The van der Waals surface area contributed by atoms with E-state index in [1.807, 2.05) is 0 Å². The summed E-state index contributed by atoms with van der Waals surface area (Å²) >= 11 is 0. The standard InChI is InChI=1S/C25H28F2N4O4/c1-24(2,3)35-23(33)30-12-10-19-22(20(30)14-28)18(13-21(32)34-4)29-31(19)16-7-5-15(6-8-16)17-9-11-25(17,26)27/h5-8,17,20H,9-13H2,1-4H3. The Morgan fingerprint density at radius 2 is 1.94 bits per heavy atom. The third-order valence-corrected chi connectivity index (χ3v) is 6.38. The summed E-state index contributed by atoms with van der Waals surface area (Å²) in [7, 11) is 1.26. The first-order valence-corrected chi connectivity index (χ1v) is 11.5. The quantitative estimate of drug-likeness (QED) is 0.592. The molecule has 35 heavy (non-hydrogen) atoms. The van der Waals surface area contributed by atoms with Gasteiger partial charge in [-0.25, -0.2) is 18.3 Å². The van der Waals surface area contributed by atoms with Crippen molar-refractivity contribution >= 4 is 12.1 Å². The number of halogens is 2. The molecular formula is C25H28F2N4O4. The number of aromatic nitrogens is 2. The number of hydrogen-bond donors (Lipinski definition) is 0. The molecule has 1 aliphatic heterocycles. The Morgan fingerprint density at radius 3 is 2.46 bits per heavy atom. The molecule has 0 spiro atoms. The van der Waals surface area contributed by atoms with Gasteiger partial charge in [0, 0.05) is 30.9 Å². The third-order valence-electron chi connectivity index (χ3n) is 6.38. The lowest BCUT2D eigenvalue weighted by Crippen LogP contribution is -2.43. The largest absolute Gasteiger partial charge is 0.469 e. The van der Waals surface area contributed by atoms with E-state index in [0.717, 1.165) is 0 Å². The number of alkyl halides is 2. The van der Waals surface area contributed by atoms with Gasteiger partial charge in [-0.2, -0.15) is 10.4 Å². The number of benzene rings is 1. The molecule has 2 aliphatic rings. The lowest BCUT2D eigenvalue weighted by atomic mass is 9.76. The van der Waals surface area contributed by atoms with E-state index in [0.29, 0.717) is 41.0 Å². The average Bonchev–Trinajstić information content (AvgIpc) is 3.15. The van der Waals surface area contributed by atoms with Crippen LogP contribution in [0.15, 0.2) is 24.3 Å². The average molecular weight is 487 g/mol. The van der Waals surface area contributed by atoms with Gasteiger partial charge in [-0.05, 0) is 44.9 Å². The number of nitriles is 1. The number of nitrogens with zero attached hydrogens (tertiary/aromatic N) is 4. The fourth-order valence-electron chi connectivity index (χ4n) is 4.55. The van der Waals surface area contributed by atoms with Crippen molar-refractivity contribution in [3.63, 3.8) is 0 Å². The van der Waals surface area contributed by atoms with Gasteiger partial charge >= 0.3 is 12.1 Å². The molecule has 8 nitrogen and oxygen atoms in total. The van der Waals surface area contributed by atoms with Crippen LogP contribution in [0.4, 0.5) is 13.6 Å². The Labute approximate surface area is 202 Å². The molecule has 1 saturated carbocycles. The van der Waals surface area contributed by atoms with E-state index in [9.17, 15) is 23.6 Å². The molecule has 1 fully saturated rings. The predicted octanol–water partition coefficient (Wildman–Crippen LogP) is 4.46. The first-order valence-electron chi connectivity index (χ1n) is 11.5. The molecule has 2 aromatic rings. The summed E-state index contributed by atoms with van der Waals surface area (Å²) in [6.07, 6.45) is -0.108. The van der Waals surface area contributed by atoms with Crippen molar-refractivity contribution in [3.8, 4) is 11.8 Å². The van der Waals surface area contributed by atoms with Crippen LogP contribution in [-0.4, -0.2) is 51.9 Å². The summed E-state index contributed by atoms with van der Waals surface area (Å²) in [5.41, 5.74) is 1.90. The first kappa shape index (κ1) is 24.6. The maximum absolute atomic E-state index is 13.8. The minimum Gasteiger partial charge on any atom is -0.469 e. The number of carbonyl (C=O) groups is 2. The molecular weight excluding hydrogens is 458 g/mol. The monoisotopic (exact) mass is 486 g/mol. The van der Waals surface area contributed by atoms with Crippen molar-refractivity contribution in [3.05, 3.63) is 46.8 Å². The molecule has 10 heteroatoms. The fourth-order valence-corrected chi connectivity index (χ4v) is 4.55. The van der Waals surface area contributed by atoms with Gasteiger partial charge in [-0.15, -0.1) is 0 Å². The molecule has 186 valence electrons. The zero-order chi connectivity index (χ0) is 25.5. The van der Waals surface area contributed by atoms with Crippen molar-refractivity contribution in [2.45, 2.75) is 69.9 Å². The smallest absolute Gasteiger partial charge is 0.411 e. The number of ether oxygens (including phenoxy) is 2. The van der Waals surface area contributed by atoms with Gasteiger partial charge in [-0.3, -0.25) is 9.69 Å². The number of hydrogen-bond acceptors (Lipinski definition) is 6. The Kier molecular flexibility index (Phi) is 6.30. The fraction of sp³-hybridized carbons (Fsp3) is 0.520. The van der Waals surface area contributed by atoms with Crippen LogP contribution < -0.4 is 0 Å². The van der Waals surface area contributed by atoms with Crippen LogP contribution in [0.2, 0.25) is 0 Å². The van der Waals surface area contributed by atoms with Gasteiger partial charge in [0.15, 0.2) is 6.04 Å². The van der Waals surface area contributed by atoms with E-state index >= 15 is 0 Å². The van der Waals surface area contributed by atoms with Gasteiger partial charge in [-0.1, -0.05) is 12.1 Å². The number of amides is 1. The van der Waals surface area contributed by atoms with Crippen molar-refractivity contribution in [2.75, 3.05) is 13.7 Å². The minimum atomic E-state index is -2.69. The van der Waals surface area contributed by atoms with Crippen LogP contribution in [0.25, 0.3) is 5.69 Å². The van der Waals surface area contributed by atoms with Crippen LogP contribution in [0.1, 0.15) is 68.1 Å². The van der Waals surface area contributed by atoms with Gasteiger partial charge in [0.2, 0.25) is 0 Å². The highest BCUT2D eigenvalue weighted by atomic mass is 19.3. The zero-order valence-corrected chi connectivity index (χ0v) is 20.2. The molecule has 4 rings (SSSR count). The highest BCUT2D eigenvalue weighted by Gasteiger charge is 2.48. The SMILES string of the molecule is COC(=O)Cc1nn(-c2ccc(C3CCC3(F)F)cc2)c2c1C(C#N)N(C(=O)OC(C)(C)C)CC2. The molecule has 2 atom stereocenters. The molecule has 1 aliphatic carbocycles. The van der Waals surface area contributed by atoms with Crippen LogP contribution >= 0.6 is 0 Å². The van der Waals surface area contributed by atoms with Crippen LogP contribution in [0, 0.1) is 11.3 Å². The first-order chi connectivity index (χ1) is 16.4. The topological polar surface area (TPSA) is 97.5 Å². The number of fused-ring (bicyclic) bond motifs is 1. The Morgan fingerprint density at radius 1 is 1.26 bits per heavy atom. The molecule has 0 radical (unpaired) electrons. The number of esters is 1. The normalized spacial score (nSPS) is 20.9. The van der Waals surface area contributed by atoms with Gasteiger partial charge in [0.1, 0.15) is 5.60 Å². The zero-order valence-electron chi connectivity index (χ0n) is 20.2. The Bertz CT molecular complexity index is 1180. The summed E-state index contributed by atoms with van der Waals surface area (Å²) in [6, 6.07) is 7.90. The maximum atomic E-state index is 13.8. The molecule has 1 aromatic heterocycles. The number of rotatable bonds is 4. The number of carbonyl (C=O) groups excluding carboxylic acids is 2. The molecule has 0 saturated heterocycles. The van der Waals surface area contributed by atoms with Crippen molar-refractivity contribution in [1.82, 2.24) is 14.7 Å². The summed E-state index contributed by atoms with van der Waals surface area (Å²) in [5.74, 6) is -4.01. The third kappa shape index (κ3) is 4.72. The lowest BCUT2D eigenvalue weighted by Gasteiger charge is -2.36. The summed E-state index contributed by atoms with van der Waals surface area (Å²) in [6.45, 7) is 5.44. The maximum Gasteiger partial charge on any atom is 0.411 e. The predicted molar refractivity (Wildman–Crippen MR) is 121 cm³/mol. The van der Waals surface area contributed by atoms with Crippen LogP contribution in [0.5, 0.6) is 0 Å². The van der Waals surface area contributed by atoms with E-state index in [1.54, 1.807) is 49.7 Å². The van der Waals surface area contributed by atoms with Crippen LogP contribution in [0.3, 0.4) is 0 Å². The molecule has 0 N–H and O–H groups in total. The summed E-state index contributed by atoms with van der Waals surface area (Å²) in [4.78, 5) is 26.3. The Hall–Kier alpha value is -3.48. The molecule has 1 amide bonds. The van der Waals surface area contributed by atoms with E-state index in [1.165, 1.54) is 12.0 Å². The van der Waals surface area contributed by atoms with E-state index in [-0.39, 0.29) is 19.4 Å². The molecule has 2 heterocycles. The molecule has 1 aromatic carbocycles. The van der Waals surface area contributed by atoms with Gasteiger partial charge in [0.25, 0.3) is 5.92 Å². The van der Waals surface area contributed by atoms with Gasteiger partial charge in [0.05, 0.1) is 36.7 Å². The van der Waals surface area contributed by atoms with E-state index in [2.05, 4.69) is 11.2 Å². The van der Waals surface area contributed by atoms with E-state index < -0.39 is 35.5 Å². The van der Waals surface area contributed by atoms with Crippen LogP contribution in [-0.2, 0) is 27.1 Å². The lowest BCUT2D eigenvalue weighted by molar-refractivity contribution is -0.139. The highest BCUT2D eigenvalue weighted by Crippen LogP contribution is 2.50. The molecule has 2 unspecified atom stereocenters. The highest BCUT2D eigenvalue weighted by molar-refractivity contribution is 5.74. The van der Waals surface area contributed by atoms with Gasteiger partial charge < -0.3 is 9.47 Å². The van der Waals surface area contributed by atoms with E-state index in [4.69, 9.17) is 9.47 Å².